The fraction of sp³-hybridized carbons (Fsp3) is 0.600. The van der Waals surface area contributed by atoms with Gasteiger partial charge in [0.1, 0.15) is 5.75 Å². The first-order chi connectivity index (χ1) is 14.1. The topological polar surface area (TPSA) is 35.0 Å². The first-order valence-electron chi connectivity index (χ1n) is 11.7. The van der Waals surface area contributed by atoms with Gasteiger partial charge in [-0.2, -0.15) is 0 Å². The molecule has 0 aliphatic heterocycles. The number of rotatable bonds is 13. The molecule has 0 aliphatic carbocycles. The zero-order valence-corrected chi connectivity index (χ0v) is 22.1. The molecule has 2 rings (SSSR count). The maximum absolute atomic E-state index is 5.90. The van der Waals surface area contributed by atoms with Crippen molar-refractivity contribution in [1.29, 1.82) is 0 Å². The van der Waals surface area contributed by atoms with E-state index in [9.17, 15) is 0 Å². The van der Waals surface area contributed by atoms with E-state index in [1.54, 1.807) is 5.67 Å². The molecular weight excluding hydrogens is 400 g/mol. The minimum absolute atomic E-state index is 0.763. The normalized spacial score (nSPS) is 12.2. The minimum Gasteiger partial charge on any atom is -0.494 e. The summed E-state index contributed by atoms with van der Waals surface area (Å²) >= 11 is 0. The summed E-state index contributed by atoms with van der Waals surface area (Å²) in [7, 11) is -1.84. The number of hydrogen-bond acceptors (Lipinski definition) is 3. The van der Waals surface area contributed by atoms with Crippen LogP contribution in [0, 0.1) is 6.92 Å². The summed E-state index contributed by atoms with van der Waals surface area (Å²) in [5, 5.41) is 0. The highest BCUT2D eigenvalue weighted by molar-refractivity contribution is 6.94. The highest BCUT2D eigenvalue weighted by atomic mass is 28.4. The number of aryl methyl sites for hydroxylation is 1. The molecule has 0 amide bonds. The molecule has 1 heterocycles. The van der Waals surface area contributed by atoms with Crippen LogP contribution in [-0.2, 0) is 0 Å². The summed E-state index contributed by atoms with van der Waals surface area (Å²) in [6.45, 7) is 15.6. The van der Waals surface area contributed by atoms with Gasteiger partial charge in [-0.1, -0.05) is 76.6 Å². The smallest absolute Gasteiger partial charge is 0.159 e. The Balaban J connectivity index is 1.54. The van der Waals surface area contributed by atoms with Gasteiger partial charge >= 0.3 is 0 Å². The number of nitrogens with zero attached hydrogens (tertiary/aromatic N) is 2. The lowest BCUT2D eigenvalue weighted by atomic mass is 10.1. The van der Waals surface area contributed by atoms with Gasteiger partial charge in [0.25, 0.3) is 0 Å². The Bertz CT molecular complexity index is 737. The molecule has 0 radical (unpaired) electrons. The summed E-state index contributed by atoms with van der Waals surface area (Å²) < 4.78 is 5.90. The monoisotopic (exact) mass is 442 g/mol. The molecule has 0 bridgehead atoms. The molecule has 0 N–H and O–H groups in total. The van der Waals surface area contributed by atoms with Gasteiger partial charge in [-0.3, -0.25) is 0 Å². The van der Waals surface area contributed by atoms with Gasteiger partial charge in [-0.25, -0.2) is 9.97 Å². The van der Waals surface area contributed by atoms with Crippen molar-refractivity contribution in [1.82, 2.24) is 9.97 Å². The third kappa shape index (κ3) is 10.0. The number of aromatic nitrogens is 2. The highest BCUT2D eigenvalue weighted by Gasteiger charge is 2.27. The van der Waals surface area contributed by atoms with E-state index in [-0.39, 0.29) is 0 Å². The molecule has 166 valence electrons. The molecule has 5 heteroatoms. The third-order valence-electron chi connectivity index (χ3n) is 5.42. The van der Waals surface area contributed by atoms with Gasteiger partial charge in [0.2, 0.25) is 0 Å². The Hall–Kier alpha value is -1.47. The van der Waals surface area contributed by atoms with E-state index in [1.165, 1.54) is 38.1 Å². The van der Waals surface area contributed by atoms with Crippen LogP contribution >= 0.6 is 0 Å². The molecule has 3 nitrogen and oxygen atoms in total. The number of ether oxygens (including phenoxy) is 1. The summed E-state index contributed by atoms with van der Waals surface area (Å²) in [6, 6.07) is 9.62. The summed E-state index contributed by atoms with van der Waals surface area (Å²) in [5.74, 6) is 1.69. The predicted octanol–water partition coefficient (Wildman–Crippen LogP) is 7.76. The highest BCUT2D eigenvalue weighted by Crippen LogP contribution is 2.25. The van der Waals surface area contributed by atoms with Gasteiger partial charge in [0.05, 0.1) is 6.61 Å². The SMILES string of the molecule is Cc1cnc(-c2ccc(OCCCCCCCC[Si](C)(C)C[Si](C)(C)C)cc2)nc1. The van der Waals surface area contributed by atoms with Gasteiger partial charge in [-0.15, -0.1) is 0 Å². The van der Waals surface area contributed by atoms with Crippen LogP contribution in [0.15, 0.2) is 36.7 Å². The molecule has 0 unspecified atom stereocenters. The maximum atomic E-state index is 5.90. The summed E-state index contributed by atoms with van der Waals surface area (Å²) in [5.41, 5.74) is 3.68. The molecule has 1 aromatic carbocycles. The van der Waals surface area contributed by atoms with Crippen LogP contribution in [-0.4, -0.2) is 32.7 Å². The quantitative estimate of drug-likeness (QED) is 0.235. The lowest BCUT2D eigenvalue weighted by Crippen LogP contribution is -2.37. The average Bonchev–Trinajstić information content (AvgIpc) is 2.66. The number of hydrogen-bond donors (Lipinski definition) is 0. The average molecular weight is 443 g/mol. The molecule has 0 spiro atoms. The summed E-state index contributed by atoms with van der Waals surface area (Å²) in [4.78, 5) is 8.75. The Morgan fingerprint density at radius 3 is 1.93 bits per heavy atom. The second-order valence-electron chi connectivity index (χ2n) is 10.7. The maximum Gasteiger partial charge on any atom is 0.159 e. The third-order valence-corrected chi connectivity index (χ3v) is 15.2. The van der Waals surface area contributed by atoms with Crippen molar-refractivity contribution < 1.29 is 4.74 Å². The Morgan fingerprint density at radius 2 is 1.33 bits per heavy atom. The van der Waals surface area contributed by atoms with Crippen LogP contribution in [0.1, 0.15) is 44.1 Å². The molecule has 0 saturated carbocycles. The van der Waals surface area contributed by atoms with Gasteiger partial charge in [-0.05, 0) is 43.2 Å². The minimum atomic E-state index is -0.952. The van der Waals surface area contributed by atoms with E-state index >= 15 is 0 Å². The van der Waals surface area contributed by atoms with Crippen LogP contribution in [0.4, 0.5) is 0 Å². The van der Waals surface area contributed by atoms with Crippen LogP contribution in [0.2, 0.25) is 44.4 Å². The van der Waals surface area contributed by atoms with Crippen LogP contribution in [0.3, 0.4) is 0 Å². The van der Waals surface area contributed by atoms with Crippen molar-refractivity contribution >= 4 is 16.1 Å². The molecular formula is C25H42N2OSi2. The molecule has 30 heavy (non-hydrogen) atoms. The molecule has 2 aromatic rings. The molecule has 0 fully saturated rings. The van der Waals surface area contributed by atoms with Crippen LogP contribution < -0.4 is 4.74 Å². The second kappa shape index (κ2) is 11.8. The van der Waals surface area contributed by atoms with E-state index in [1.807, 2.05) is 43.6 Å². The predicted molar refractivity (Wildman–Crippen MR) is 136 cm³/mol. The molecule has 0 aliphatic rings. The Morgan fingerprint density at radius 1 is 0.767 bits per heavy atom. The number of benzene rings is 1. The van der Waals surface area contributed by atoms with Crippen molar-refractivity contribution in [3.05, 3.63) is 42.2 Å². The van der Waals surface area contributed by atoms with Gasteiger partial charge in [0.15, 0.2) is 5.82 Å². The Labute approximate surface area is 186 Å². The lowest BCUT2D eigenvalue weighted by molar-refractivity contribution is 0.304. The fourth-order valence-electron chi connectivity index (χ4n) is 4.37. The molecule has 0 atom stereocenters. The number of unbranched alkanes of at least 4 members (excludes halogenated alkanes) is 5. The first-order valence-corrected chi connectivity index (χ1v) is 18.8. The first kappa shape index (κ1) is 24.8. The van der Waals surface area contributed by atoms with Crippen molar-refractivity contribution in [2.75, 3.05) is 6.61 Å². The zero-order chi connectivity index (χ0) is 22.0. The summed E-state index contributed by atoms with van der Waals surface area (Å²) in [6.07, 6.45) is 11.7. The van der Waals surface area contributed by atoms with Crippen molar-refractivity contribution in [3.63, 3.8) is 0 Å². The largest absolute Gasteiger partial charge is 0.494 e. The molecule has 0 saturated heterocycles. The fourth-order valence-corrected chi connectivity index (χ4v) is 17.8. The van der Waals surface area contributed by atoms with E-state index in [2.05, 4.69) is 42.7 Å². The zero-order valence-electron chi connectivity index (χ0n) is 20.1. The van der Waals surface area contributed by atoms with Crippen LogP contribution in [0.5, 0.6) is 5.75 Å². The van der Waals surface area contributed by atoms with E-state index in [0.29, 0.717) is 0 Å². The van der Waals surface area contributed by atoms with Crippen molar-refractivity contribution in [2.24, 2.45) is 0 Å². The van der Waals surface area contributed by atoms with Crippen LogP contribution in [0.25, 0.3) is 11.4 Å². The van der Waals surface area contributed by atoms with E-state index in [0.717, 1.165) is 35.7 Å². The van der Waals surface area contributed by atoms with Gasteiger partial charge in [0, 0.05) is 34.1 Å². The Kier molecular flexibility index (Phi) is 9.75. The van der Waals surface area contributed by atoms with Crippen molar-refractivity contribution in [2.45, 2.75) is 89.9 Å². The molecule has 1 aromatic heterocycles. The lowest BCUT2D eigenvalue weighted by Gasteiger charge is -2.29. The second-order valence-corrected chi connectivity index (χ2v) is 22.1. The van der Waals surface area contributed by atoms with Gasteiger partial charge < -0.3 is 4.74 Å². The standard InChI is InChI=1S/C25H42N2OSi2/c1-22-19-26-25(27-20-22)23-13-15-24(16-14-23)28-17-11-9-7-8-10-12-18-30(5,6)21-29(2,3)4/h13-16,19-20H,7-12,17-18,21H2,1-6H3. The van der Waals surface area contributed by atoms with E-state index < -0.39 is 16.1 Å². The van der Waals surface area contributed by atoms with Crippen molar-refractivity contribution in [3.8, 4) is 17.1 Å². The van der Waals surface area contributed by atoms with E-state index in [4.69, 9.17) is 4.74 Å².